The van der Waals surface area contributed by atoms with E-state index in [9.17, 15) is 9.18 Å². The van der Waals surface area contributed by atoms with E-state index in [0.717, 1.165) is 0 Å². The molecular formula is C14H11ClFNO. The van der Waals surface area contributed by atoms with E-state index in [-0.39, 0.29) is 5.82 Å². The molecule has 92 valence electrons. The maximum atomic E-state index is 13.7. The van der Waals surface area contributed by atoms with Crippen molar-refractivity contribution in [2.75, 3.05) is 11.9 Å². The predicted octanol–water partition coefficient (Wildman–Crippen LogP) is 4.06. The molecule has 0 radical (unpaired) electrons. The number of benzene rings is 2. The summed E-state index contributed by atoms with van der Waals surface area (Å²) < 4.78 is 13.7. The van der Waals surface area contributed by atoms with Crippen molar-refractivity contribution < 1.29 is 9.18 Å². The molecule has 0 amide bonds. The minimum atomic E-state index is -0.364. The molecule has 0 atom stereocenters. The maximum absolute atomic E-state index is 13.7. The zero-order valence-corrected chi connectivity index (χ0v) is 10.5. The molecular weight excluding hydrogens is 253 g/mol. The van der Waals surface area contributed by atoms with Crippen molar-refractivity contribution >= 4 is 29.3 Å². The second-order valence-electron chi connectivity index (χ2n) is 3.81. The van der Waals surface area contributed by atoms with Crippen LogP contribution >= 0.6 is 11.6 Å². The van der Waals surface area contributed by atoms with E-state index < -0.39 is 0 Å². The third kappa shape index (κ3) is 2.22. The number of anilines is 2. The molecule has 0 aromatic heterocycles. The number of hydrogen-bond acceptors (Lipinski definition) is 2. The quantitative estimate of drug-likeness (QED) is 0.779. The van der Waals surface area contributed by atoms with E-state index >= 15 is 0 Å². The summed E-state index contributed by atoms with van der Waals surface area (Å²) in [5, 5.41) is 0.408. The van der Waals surface area contributed by atoms with Gasteiger partial charge in [-0.05, 0) is 24.3 Å². The second kappa shape index (κ2) is 5.19. The van der Waals surface area contributed by atoms with Crippen LogP contribution in [-0.4, -0.2) is 13.3 Å². The number of aldehydes is 1. The molecule has 0 saturated carbocycles. The predicted molar refractivity (Wildman–Crippen MR) is 71.3 cm³/mol. The van der Waals surface area contributed by atoms with Crippen LogP contribution in [0.4, 0.5) is 15.8 Å². The van der Waals surface area contributed by atoms with Crippen LogP contribution in [0.1, 0.15) is 10.4 Å². The van der Waals surface area contributed by atoms with Gasteiger partial charge in [0.1, 0.15) is 5.82 Å². The fraction of sp³-hybridized carbons (Fsp3) is 0.0714. The second-order valence-corrected chi connectivity index (χ2v) is 4.21. The van der Waals surface area contributed by atoms with E-state index in [1.54, 1.807) is 48.3 Å². The Morgan fingerprint density at radius 3 is 2.56 bits per heavy atom. The molecule has 0 aliphatic rings. The molecule has 0 bridgehead atoms. The van der Waals surface area contributed by atoms with Gasteiger partial charge in [0, 0.05) is 12.6 Å². The molecule has 2 aromatic carbocycles. The minimum Gasteiger partial charge on any atom is -0.340 e. The van der Waals surface area contributed by atoms with E-state index in [4.69, 9.17) is 11.6 Å². The topological polar surface area (TPSA) is 20.3 Å². The van der Waals surface area contributed by atoms with Crippen LogP contribution in [0.2, 0.25) is 5.02 Å². The number of carbonyl (C=O) groups excluding carboxylic acids is 1. The highest BCUT2D eigenvalue weighted by Crippen LogP contribution is 2.34. The average molecular weight is 264 g/mol. The first-order chi connectivity index (χ1) is 8.65. The number of carbonyl (C=O) groups is 1. The van der Waals surface area contributed by atoms with Crippen LogP contribution in [0.5, 0.6) is 0 Å². The van der Waals surface area contributed by atoms with Crippen molar-refractivity contribution in [3.63, 3.8) is 0 Å². The van der Waals surface area contributed by atoms with Crippen molar-refractivity contribution in [1.29, 1.82) is 0 Å². The summed E-state index contributed by atoms with van der Waals surface area (Å²) >= 11 is 6.08. The zero-order valence-electron chi connectivity index (χ0n) is 9.73. The highest BCUT2D eigenvalue weighted by molar-refractivity contribution is 6.34. The van der Waals surface area contributed by atoms with Gasteiger partial charge in [0.2, 0.25) is 0 Å². The van der Waals surface area contributed by atoms with Crippen LogP contribution in [-0.2, 0) is 0 Å². The molecule has 0 fully saturated rings. The summed E-state index contributed by atoms with van der Waals surface area (Å²) in [6, 6.07) is 11.3. The van der Waals surface area contributed by atoms with Crippen molar-refractivity contribution in [2.24, 2.45) is 0 Å². The molecule has 0 N–H and O–H groups in total. The standard InChI is InChI=1S/C14H11ClFNO/c1-17(13-8-3-2-7-12(13)16)14-10(9-18)5-4-6-11(14)15/h2-9H,1H3. The Kier molecular flexibility index (Phi) is 3.63. The van der Waals surface area contributed by atoms with Crippen LogP contribution in [0.15, 0.2) is 42.5 Å². The summed E-state index contributed by atoms with van der Waals surface area (Å²) in [7, 11) is 1.67. The van der Waals surface area contributed by atoms with Gasteiger partial charge in [0.25, 0.3) is 0 Å². The van der Waals surface area contributed by atoms with Crippen LogP contribution < -0.4 is 4.90 Å². The first-order valence-electron chi connectivity index (χ1n) is 5.37. The SMILES string of the molecule is CN(c1ccccc1F)c1c(Cl)cccc1C=O. The third-order valence-corrected chi connectivity index (χ3v) is 3.00. The van der Waals surface area contributed by atoms with Gasteiger partial charge >= 0.3 is 0 Å². The highest BCUT2D eigenvalue weighted by atomic mass is 35.5. The van der Waals surface area contributed by atoms with E-state index in [0.29, 0.717) is 28.2 Å². The fourth-order valence-electron chi connectivity index (χ4n) is 1.83. The number of para-hydroxylation sites is 2. The van der Waals surface area contributed by atoms with Gasteiger partial charge in [0.05, 0.1) is 16.4 Å². The molecule has 0 saturated heterocycles. The van der Waals surface area contributed by atoms with Crippen LogP contribution in [0.3, 0.4) is 0 Å². The Morgan fingerprint density at radius 1 is 1.17 bits per heavy atom. The molecule has 2 rings (SSSR count). The van der Waals surface area contributed by atoms with Crippen molar-refractivity contribution in [3.8, 4) is 0 Å². The van der Waals surface area contributed by atoms with Gasteiger partial charge < -0.3 is 4.90 Å². The van der Waals surface area contributed by atoms with Crippen molar-refractivity contribution in [1.82, 2.24) is 0 Å². The number of rotatable bonds is 3. The van der Waals surface area contributed by atoms with Gasteiger partial charge in [-0.3, -0.25) is 4.79 Å². The Labute approximate surface area is 110 Å². The van der Waals surface area contributed by atoms with E-state index in [1.165, 1.54) is 6.07 Å². The summed E-state index contributed by atoms with van der Waals surface area (Å²) in [4.78, 5) is 12.6. The molecule has 0 heterocycles. The Bertz CT molecular complexity index is 586. The lowest BCUT2D eigenvalue weighted by atomic mass is 10.1. The van der Waals surface area contributed by atoms with E-state index in [2.05, 4.69) is 0 Å². The lowest BCUT2D eigenvalue weighted by molar-refractivity contribution is 0.112. The average Bonchev–Trinajstić information content (AvgIpc) is 2.38. The highest BCUT2D eigenvalue weighted by Gasteiger charge is 2.15. The van der Waals surface area contributed by atoms with Crippen LogP contribution in [0, 0.1) is 5.82 Å². The molecule has 0 spiro atoms. The summed E-state index contributed by atoms with van der Waals surface area (Å²) in [6.07, 6.45) is 0.707. The molecule has 0 unspecified atom stereocenters. The maximum Gasteiger partial charge on any atom is 0.152 e. The lowest BCUT2D eigenvalue weighted by Crippen LogP contribution is -2.13. The first-order valence-corrected chi connectivity index (χ1v) is 5.75. The summed E-state index contributed by atoms with van der Waals surface area (Å²) in [6.45, 7) is 0. The largest absolute Gasteiger partial charge is 0.340 e. The van der Waals surface area contributed by atoms with Crippen molar-refractivity contribution in [2.45, 2.75) is 0 Å². The fourth-order valence-corrected chi connectivity index (χ4v) is 2.13. The normalized spacial score (nSPS) is 10.2. The Hall–Kier alpha value is -1.87. The Morgan fingerprint density at radius 2 is 1.89 bits per heavy atom. The molecule has 2 aromatic rings. The van der Waals surface area contributed by atoms with Crippen LogP contribution in [0.25, 0.3) is 0 Å². The lowest BCUT2D eigenvalue weighted by Gasteiger charge is -2.22. The Balaban J connectivity index is 2.56. The monoisotopic (exact) mass is 263 g/mol. The van der Waals surface area contributed by atoms with Crippen molar-refractivity contribution in [3.05, 3.63) is 58.9 Å². The zero-order chi connectivity index (χ0) is 13.1. The number of hydrogen-bond donors (Lipinski definition) is 0. The van der Waals surface area contributed by atoms with Gasteiger partial charge in [-0.2, -0.15) is 0 Å². The number of halogens is 2. The molecule has 2 nitrogen and oxygen atoms in total. The van der Waals surface area contributed by atoms with Gasteiger partial charge in [-0.25, -0.2) is 4.39 Å². The third-order valence-electron chi connectivity index (χ3n) is 2.69. The molecule has 0 aliphatic heterocycles. The van der Waals surface area contributed by atoms with E-state index in [1.807, 2.05) is 0 Å². The molecule has 18 heavy (non-hydrogen) atoms. The minimum absolute atomic E-state index is 0.364. The number of nitrogens with zero attached hydrogens (tertiary/aromatic N) is 1. The van der Waals surface area contributed by atoms with Gasteiger partial charge in [-0.15, -0.1) is 0 Å². The molecule has 4 heteroatoms. The van der Waals surface area contributed by atoms with Gasteiger partial charge in [0.15, 0.2) is 6.29 Å². The first kappa shape index (κ1) is 12.6. The molecule has 0 aliphatic carbocycles. The smallest absolute Gasteiger partial charge is 0.152 e. The van der Waals surface area contributed by atoms with Gasteiger partial charge in [-0.1, -0.05) is 29.8 Å². The summed E-state index contributed by atoms with van der Waals surface area (Å²) in [5.41, 5.74) is 1.29. The summed E-state index contributed by atoms with van der Waals surface area (Å²) in [5.74, 6) is -0.364.